The lowest BCUT2D eigenvalue weighted by Gasteiger charge is -2.33. The molecule has 10 nitrogen and oxygen atoms in total. The van der Waals surface area contributed by atoms with Crippen LogP contribution in [0.5, 0.6) is 5.75 Å². The Morgan fingerprint density at radius 1 is 1.05 bits per heavy atom. The topological polar surface area (TPSA) is 96.7 Å². The number of imidazole rings is 1. The Hall–Kier alpha value is -4.34. The number of urea groups is 1. The Balaban J connectivity index is 1.36. The minimum atomic E-state index is -0.542. The van der Waals surface area contributed by atoms with E-state index in [4.69, 9.17) is 9.47 Å². The van der Waals surface area contributed by atoms with Gasteiger partial charge in [-0.25, -0.2) is 14.6 Å². The summed E-state index contributed by atoms with van der Waals surface area (Å²) in [7, 11) is 1.59. The Morgan fingerprint density at radius 3 is 2.49 bits per heavy atom. The third kappa shape index (κ3) is 5.45. The third-order valence-electron chi connectivity index (χ3n) is 6.81. The number of hydrogen-bond acceptors (Lipinski definition) is 6. The Morgan fingerprint density at radius 2 is 1.82 bits per heavy atom. The van der Waals surface area contributed by atoms with E-state index >= 15 is 0 Å². The number of amides is 4. The van der Waals surface area contributed by atoms with Gasteiger partial charge in [0.15, 0.2) is 0 Å². The van der Waals surface area contributed by atoms with Gasteiger partial charge in [-0.3, -0.25) is 19.0 Å². The highest BCUT2D eigenvalue weighted by molar-refractivity contribution is 6.05. The highest BCUT2D eigenvalue weighted by atomic mass is 16.6. The maximum atomic E-state index is 13.5. The highest BCUT2D eigenvalue weighted by Gasteiger charge is 2.34. The van der Waals surface area contributed by atoms with Crippen molar-refractivity contribution in [3.63, 3.8) is 0 Å². The first-order valence-corrected chi connectivity index (χ1v) is 13.0. The molecule has 4 amide bonds. The van der Waals surface area contributed by atoms with Crippen LogP contribution in [0, 0.1) is 0 Å². The lowest BCUT2D eigenvalue weighted by atomic mass is 10.0. The van der Waals surface area contributed by atoms with Crippen molar-refractivity contribution in [3.8, 4) is 5.75 Å². The van der Waals surface area contributed by atoms with Gasteiger partial charge >= 0.3 is 12.1 Å². The molecule has 2 aliphatic heterocycles. The number of rotatable bonds is 5. The van der Waals surface area contributed by atoms with Gasteiger partial charge in [0.25, 0.3) is 0 Å². The van der Waals surface area contributed by atoms with Crippen LogP contribution in [0.25, 0.3) is 11.2 Å². The van der Waals surface area contributed by atoms with Gasteiger partial charge in [-0.15, -0.1) is 0 Å². The fourth-order valence-electron chi connectivity index (χ4n) is 4.83. The van der Waals surface area contributed by atoms with E-state index in [0.717, 1.165) is 22.3 Å². The number of anilines is 1. The lowest BCUT2D eigenvalue weighted by Crippen LogP contribution is -2.52. The van der Waals surface area contributed by atoms with Gasteiger partial charge in [-0.2, -0.15) is 0 Å². The Labute approximate surface area is 227 Å². The van der Waals surface area contributed by atoms with E-state index in [0.29, 0.717) is 31.1 Å². The fourth-order valence-corrected chi connectivity index (χ4v) is 4.83. The zero-order chi connectivity index (χ0) is 27.7. The monoisotopic (exact) mass is 531 g/mol. The van der Waals surface area contributed by atoms with Crippen LogP contribution in [0.4, 0.5) is 15.4 Å². The Bertz CT molecular complexity index is 1440. The number of hydrogen-bond donors (Lipinski definition) is 0. The van der Waals surface area contributed by atoms with Crippen molar-refractivity contribution in [1.82, 2.24) is 19.2 Å². The number of carbonyl (C=O) groups excluding carboxylic acids is 3. The Kier molecular flexibility index (Phi) is 7.03. The molecule has 0 N–H and O–H groups in total. The first-order valence-electron chi connectivity index (χ1n) is 13.0. The minimum absolute atomic E-state index is 0.182. The lowest BCUT2D eigenvalue weighted by molar-refractivity contribution is -0.129. The summed E-state index contributed by atoms with van der Waals surface area (Å²) in [5.41, 5.74) is 3.04. The maximum Gasteiger partial charge on any atom is 0.410 e. The zero-order valence-electron chi connectivity index (χ0n) is 22.7. The standard InChI is InChI=1S/C29H33N5O5/c1-29(2,3)39-28(37)31-15-11-21(12-16-31)23-6-5-14-32-24(18-30-26(23)32)33-17-13-25(35)34(27(33)36)19-20-7-9-22(38-4)10-8-20/h5-11,14,18H,12-13,15-17,19H2,1-4H3. The fraction of sp³-hybridized carbons (Fsp3) is 0.379. The summed E-state index contributed by atoms with van der Waals surface area (Å²) in [5, 5.41) is 0. The van der Waals surface area contributed by atoms with Crippen LogP contribution in [0.1, 0.15) is 44.7 Å². The van der Waals surface area contributed by atoms with Crippen molar-refractivity contribution in [2.75, 3.05) is 31.6 Å². The van der Waals surface area contributed by atoms with E-state index in [1.54, 1.807) is 23.1 Å². The average Bonchev–Trinajstić information content (AvgIpc) is 3.35. The molecule has 1 fully saturated rings. The molecule has 0 radical (unpaired) electrons. The number of imide groups is 1. The first kappa shape index (κ1) is 26.3. The number of nitrogens with zero attached hydrogens (tertiary/aromatic N) is 5. The van der Waals surface area contributed by atoms with Gasteiger partial charge < -0.3 is 14.4 Å². The molecule has 0 aliphatic carbocycles. The van der Waals surface area contributed by atoms with Crippen molar-refractivity contribution in [2.45, 2.75) is 45.8 Å². The number of aromatic nitrogens is 2. The van der Waals surface area contributed by atoms with Crippen LogP contribution in [-0.2, 0) is 16.1 Å². The number of methoxy groups -OCH3 is 1. The summed E-state index contributed by atoms with van der Waals surface area (Å²) in [4.78, 5) is 47.9. The number of fused-ring (bicyclic) bond motifs is 1. The molecule has 10 heteroatoms. The zero-order valence-corrected chi connectivity index (χ0v) is 22.7. The summed E-state index contributed by atoms with van der Waals surface area (Å²) in [6.45, 7) is 7.02. The van der Waals surface area contributed by atoms with E-state index in [2.05, 4.69) is 4.98 Å². The predicted octanol–water partition coefficient (Wildman–Crippen LogP) is 4.73. The van der Waals surface area contributed by atoms with Gasteiger partial charge in [0.1, 0.15) is 22.8 Å². The molecular formula is C29H33N5O5. The van der Waals surface area contributed by atoms with Gasteiger partial charge in [-0.05, 0) is 62.6 Å². The van der Waals surface area contributed by atoms with E-state index in [9.17, 15) is 14.4 Å². The molecule has 0 bridgehead atoms. The van der Waals surface area contributed by atoms with Gasteiger partial charge in [0.2, 0.25) is 5.91 Å². The largest absolute Gasteiger partial charge is 0.497 e. The van der Waals surface area contributed by atoms with Crippen LogP contribution >= 0.6 is 0 Å². The summed E-state index contributed by atoms with van der Waals surface area (Å²) in [6.07, 6.45) is 6.13. The summed E-state index contributed by atoms with van der Waals surface area (Å²) >= 11 is 0. The van der Waals surface area contributed by atoms with E-state index in [1.807, 2.05) is 73.8 Å². The molecular weight excluding hydrogens is 498 g/mol. The minimum Gasteiger partial charge on any atom is -0.497 e. The molecule has 0 spiro atoms. The maximum absolute atomic E-state index is 13.5. The van der Waals surface area contributed by atoms with Crippen LogP contribution in [-0.4, -0.2) is 69.6 Å². The molecule has 204 valence electrons. The quantitative estimate of drug-likeness (QED) is 0.473. The number of pyridine rings is 1. The second-order valence-corrected chi connectivity index (χ2v) is 10.6. The first-order chi connectivity index (χ1) is 18.6. The average molecular weight is 532 g/mol. The summed E-state index contributed by atoms with van der Waals surface area (Å²) in [5.74, 6) is 1.11. The molecule has 0 atom stereocenters. The summed E-state index contributed by atoms with van der Waals surface area (Å²) in [6, 6.07) is 10.9. The number of benzene rings is 1. The third-order valence-corrected chi connectivity index (χ3v) is 6.81. The second kappa shape index (κ2) is 10.4. The van der Waals surface area contributed by atoms with Crippen molar-refractivity contribution in [3.05, 3.63) is 66.0 Å². The molecule has 0 saturated carbocycles. The van der Waals surface area contributed by atoms with Crippen LogP contribution in [0.3, 0.4) is 0 Å². The van der Waals surface area contributed by atoms with Crippen LogP contribution in [0.15, 0.2) is 54.9 Å². The van der Waals surface area contributed by atoms with Crippen LogP contribution in [0.2, 0.25) is 0 Å². The molecule has 1 aromatic carbocycles. The molecule has 5 rings (SSSR count). The molecule has 0 unspecified atom stereocenters. The number of carbonyl (C=O) groups is 3. The normalized spacial score (nSPS) is 16.5. The molecule has 3 aromatic rings. The van der Waals surface area contributed by atoms with Gasteiger partial charge in [-0.1, -0.05) is 18.2 Å². The summed E-state index contributed by atoms with van der Waals surface area (Å²) < 4.78 is 12.6. The van der Waals surface area contributed by atoms with Crippen molar-refractivity contribution in [2.24, 2.45) is 0 Å². The predicted molar refractivity (Wildman–Crippen MR) is 146 cm³/mol. The molecule has 2 aliphatic rings. The molecule has 2 aromatic heterocycles. The highest BCUT2D eigenvalue weighted by Crippen LogP contribution is 2.30. The molecule has 39 heavy (non-hydrogen) atoms. The van der Waals surface area contributed by atoms with Crippen molar-refractivity contribution >= 4 is 35.1 Å². The number of ether oxygens (including phenoxy) is 2. The smallest absolute Gasteiger partial charge is 0.410 e. The van der Waals surface area contributed by atoms with Crippen molar-refractivity contribution < 1.29 is 23.9 Å². The van der Waals surface area contributed by atoms with E-state index in [-0.39, 0.29) is 37.5 Å². The van der Waals surface area contributed by atoms with E-state index < -0.39 is 5.60 Å². The van der Waals surface area contributed by atoms with Crippen molar-refractivity contribution in [1.29, 1.82) is 0 Å². The van der Waals surface area contributed by atoms with Gasteiger partial charge in [0.05, 0.1) is 19.9 Å². The SMILES string of the molecule is COc1ccc(CN2C(=O)CCN(c3cnc4c(C5=CCN(C(=O)OC(C)(C)C)CC5)cccn34)C2=O)cc1. The molecule has 1 saturated heterocycles. The van der Waals surface area contributed by atoms with E-state index in [1.165, 1.54) is 4.90 Å². The van der Waals surface area contributed by atoms with Gasteiger partial charge in [0, 0.05) is 37.8 Å². The van der Waals surface area contributed by atoms with Crippen LogP contribution < -0.4 is 9.64 Å². The molecule has 4 heterocycles. The second-order valence-electron chi connectivity index (χ2n) is 10.6.